The van der Waals surface area contributed by atoms with Gasteiger partial charge in [-0.2, -0.15) is 4.98 Å². The molecule has 16 heavy (non-hydrogen) atoms. The van der Waals surface area contributed by atoms with E-state index in [4.69, 9.17) is 10.3 Å². The van der Waals surface area contributed by atoms with Gasteiger partial charge in [0.05, 0.1) is 12.2 Å². The molecule has 0 radical (unpaired) electrons. The molecule has 1 atom stereocenters. The molecule has 1 unspecified atom stereocenters. The van der Waals surface area contributed by atoms with Gasteiger partial charge in [-0.25, -0.2) is 4.98 Å². The maximum Gasteiger partial charge on any atom is 0.244 e. The molecule has 2 heterocycles. The summed E-state index contributed by atoms with van der Waals surface area (Å²) in [6, 6.07) is -0.141. The van der Waals surface area contributed by atoms with Crippen molar-refractivity contribution in [1.29, 1.82) is 0 Å². The van der Waals surface area contributed by atoms with Crippen molar-refractivity contribution in [3.63, 3.8) is 0 Å². The van der Waals surface area contributed by atoms with Crippen molar-refractivity contribution in [3.8, 4) is 11.5 Å². The van der Waals surface area contributed by atoms with E-state index in [1.54, 1.807) is 18.6 Å². The highest BCUT2D eigenvalue weighted by Crippen LogP contribution is 2.38. The zero-order valence-corrected chi connectivity index (χ0v) is 8.58. The minimum atomic E-state index is -0.141. The fourth-order valence-electron chi connectivity index (χ4n) is 1.55. The van der Waals surface area contributed by atoms with Gasteiger partial charge in [-0.3, -0.25) is 4.98 Å². The number of nitrogens with two attached hydrogens (primary N) is 1. The molecule has 2 aromatic rings. The van der Waals surface area contributed by atoms with Crippen LogP contribution in [0.2, 0.25) is 0 Å². The Balaban J connectivity index is 1.87. The van der Waals surface area contributed by atoms with Crippen molar-refractivity contribution < 1.29 is 4.52 Å². The van der Waals surface area contributed by atoms with Crippen LogP contribution in [-0.2, 0) is 0 Å². The van der Waals surface area contributed by atoms with E-state index in [0.29, 0.717) is 23.3 Å². The van der Waals surface area contributed by atoms with Crippen LogP contribution in [0.25, 0.3) is 11.5 Å². The maximum absolute atomic E-state index is 5.96. The molecule has 0 aliphatic heterocycles. The van der Waals surface area contributed by atoms with E-state index < -0.39 is 0 Å². The first kappa shape index (κ1) is 9.41. The smallest absolute Gasteiger partial charge is 0.244 e. The zero-order valence-electron chi connectivity index (χ0n) is 8.58. The second-order valence-corrected chi connectivity index (χ2v) is 3.91. The summed E-state index contributed by atoms with van der Waals surface area (Å²) in [5.41, 5.74) is 6.56. The van der Waals surface area contributed by atoms with Crippen LogP contribution < -0.4 is 5.73 Å². The van der Waals surface area contributed by atoms with Gasteiger partial charge in [0.25, 0.3) is 0 Å². The molecule has 1 aliphatic rings. The van der Waals surface area contributed by atoms with Crippen LogP contribution in [-0.4, -0.2) is 20.1 Å². The van der Waals surface area contributed by atoms with Gasteiger partial charge in [0, 0.05) is 12.4 Å². The predicted molar refractivity (Wildman–Crippen MR) is 55.0 cm³/mol. The normalized spacial score (nSPS) is 17.3. The lowest BCUT2D eigenvalue weighted by molar-refractivity contribution is 0.343. The van der Waals surface area contributed by atoms with Gasteiger partial charge in [-0.05, 0) is 18.8 Å². The van der Waals surface area contributed by atoms with Gasteiger partial charge in [0.15, 0.2) is 0 Å². The van der Waals surface area contributed by atoms with Crippen LogP contribution in [0.1, 0.15) is 24.8 Å². The summed E-state index contributed by atoms with van der Waals surface area (Å²) in [5.74, 6) is 1.43. The highest BCUT2D eigenvalue weighted by atomic mass is 16.5. The highest BCUT2D eigenvalue weighted by molar-refractivity contribution is 5.45. The lowest BCUT2D eigenvalue weighted by atomic mass is 10.2. The van der Waals surface area contributed by atoms with E-state index in [0.717, 1.165) is 12.8 Å². The molecule has 0 bridgehead atoms. The molecule has 6 heteroatoms. The monoisotopic (exact) mass is 217 g/mol. The van der Waals surface area contributed by atoms with E-state index >= 15 is 0 Å². The third-order valence-corrected chi connectivity index (χ3v) is 2.65. The summed E-state index contributed by atoms with van der Waals surface area (Å²) in [6.45, 7) is 0. The van der Waals surface area contributed by atoms with Gasteiger partial charge in [0.1, 0.15) is 5.69 Å². The molecule has 3 rings (SSSR count). The Kier molecular flexibility index (Phi) is 2.14. The molecule has 1 saturated carbocycles. The fraction of sp³-hybridized carbons (Fsp3) is 0.400. The van der Waals surface area contributed by atoms with Crippen LogP contribution in [0.15, 0.2) is 23.1 Å². The topological polar surface area (TPSA) is 90.7 Å². The maximum atomic E-state index is 5.96. The van der Waals surface area contributed by atoms with E-state index in [-0.39, 0.29) is 6.04 Å². The molecule has 2 aromatic heterocycles. The van der Waals surface area contributed by atoms with Crippen LogP contribution in [0, 0.1) is 5.92 Å². The van der Waals surface area contributed by atoms with Crippen molar-refractivity contribution in [1.82, 2.24) is 20.1 Å². The van der Waals surface area contributed by atoms with Crippen LogP contribution in [0.5, 0.6) is 0 Å². The van der Waals surface area contributed by atoms with E-state index in [1.807, 2.05) is 0 Å². The third kappa shape index (κ3) is 1.67. The molecule has 1 fully saturated rings. The molecule has 82 valence electrons. The number of aromatic nitrogens is 4. The first-order chi connectivity index (χ1) is 7.84. The number of hydrogen-bond donors (Lipinski definition) is 1. The molecule has 6 nitrogen and oxygen atoms in total. The Morgan fingerprint density at radius 2 is 2.25 bits per heavy atom. The molecular formula is C10H11N5O. The standard InChI is InChI=1S/C10H11N5O/c11-8(6-1-2-6)10-14-9(15-16-10)7-5-12-3-4-13-7/h3-6,8H,1-2,11H2. The Morgan fingerprint density at radius 3 is 2.94 bits per heavy atom. The Bertz CT molecular complexity index is 479. The predicted octanol–water partition coefficient (Wildman–Crippen LogP) is 0.936. The lowest BCUT2D eigenvalue weighted by Gasteiger charge is -2.01. The van der Waals surface area contributed by atoms with Gasteiger partial charge in [-0.15, -0.1) is 0 Å². The van der Waals surface area contributed by atoms with E-state index in [2.05, 4.69) is 20.1 Å². The number of rotatable bonds is 3. The van der Waals surface area contributed by atoms with Crippen molar-refractivity contribution in [3.05, 3.63) is 24.5 Å². The molecule has 1 aliphatic carbocycles. The SMILES string of the molecule is NC(c1nc(-c2cnccn2)no1)C1CC1. The average Bonchev–Trinajstić information content (AvgIpc) is 3.07. The molecular weight excluding hydrogens is 206 g/mol. The van der Waals surface area contributed by atoms with Crippen molar-refractivity contribution in [2.75, 3.05) is 0 Å². The molecule has 0 aromatic carbocycles. The summed E-state index contributed by atoms with van der Waals surface area (Å²) in [7, 11) is 0. The van der Waals surface area contributed by atoms with Gasteiger partial charge < -0.3 is 10.3 Å². The summed E-state index contributed by atoms with van der Waals surface area (Å²) in [6.07, 6.45) is 7.07. The quantitative estimate of drug-likeness (QED) is 0.822. The Hall–Kier alpha value is -1.82. The van der Waals surface area contributed by atoms with Gasteiger partial charge >= 0.3 is 0 Å². The summed E-state index contributed by atoms with van der Waals surface area (Å²) < 4.78 is 5.13. The molecule has 0 saturated heterocycles. The minimum Gasteiger partial charge on any atom is -0.337 e. The average molecular weight is 217 g/mol. The number of hydrogen-bond acceptors (Lipinski definition) is 6. The zero-order chi connectivity index (χ0) is 11.0. The first-order valence-corrected chi connectivity index (χ1v) is 5.20. The second kappa shape index (κ2) is 3.64. The van der Waals surface area contributed by atoms with Gasteiger partial charge in [-0.1, -0.05) is 5.16 Å². The van der Waals surface area contributed by atoms with Crippen molar-refractivity contribution >= 4 is 0 Å². The van der Waals surface area contributed by atoms with Gasteiger partial charge in [0.2, 0.25) is 11.7 Å². The first-order valence-electron chi connectivity index (χ1n) is 5.20. The van der Waals surface area contributed by atoms with Crippen LogP contribution in [0.4, 0.5) is 0 Å². The molecule has 0 spiro atoms. The van der Waals surface area contributed by atoms with Crippen LogP contribution >= 0.6 is 0 Å². The Morgan fingerprint density at radius 1 is 1.38 bits per heavy atom. The molecule has 0 amide bonds. The van der Waals surface area contributed by atoms with Crippen LogP contribution in [0.3, 0.4) is 0 Å². The third-order valence-electron chi connectivity index (χ3n) is 2.65. The second-order valence-electron chi connectivity index (χ2n) is 3.91. The van der Waals surface area contributed by atoms with Crippen molar-refractivity contribution in [2.24, 2.45) is 11.7 Å². The van der Waals surface area contributed by atoms with E-state index in [9.17, 15) is 0 Å². The number of nitrogens with zero attached hydrogens (tertiary/aromatic N) is 4. The lowest BCUT2D eigenvalue weighted by Crippen LogP contribution is -2.12. The fourth-order valence-corrected chi connectivity index (χ4v) is 1.55. The largest absolute Gasteiger partial charge is 0.337 e. The van der Waals surface area contributed by atoms with E-state index in [1.165, 1.54) is 0 Å². The summed E-state index contributed by atoms with van der Waals surface area (Å²) >= 11 is 0. The minimum absolute atomic E-state index is 0.141. The summed E-state index contributed by atoms with van der Waals surface area (Å²) in [4.78, 5) is 12.3. The van der Waals surface area contributed by atoms with Crippen molar-refractivity contribution in [2.45, 2.75) is 18.9 Å². The highest BCUT2D eigenvalue weighted by Gasteiger charge is 2.33. The Labute approximate surface area is 91.9 Å². The molecule has 2 N–H and O–H groups in total. The summed E-state index contributed by atoms with van der Waals surface area (Å²) in [5, 5.41) is 3.85.